The quantitative estimate of drug-likeness (QED) is 0.488. The molecule has 0 unspecified atom stereocenters. The van der Waals surface area contributed by atoms with E-state index in [4.69, 9.17) is 0 Å². The number of sulfonamides is 1. The molecule has 1 N–H and O–H groups in total. The lowest BCUT2D eigenvalue weighted by Gasteiger charge is -2.34. The molecule has 3 rings (SSSR count). The number of hydrogen-bond donors (Lipinski definition) is 1. The monoisotopic (exact) mass is 527 g/mol. The summed E-state index contributed by atoms with van der Waals surface area (Å²) in [5.41, 5.74) is 4.20. The van der Waals surface area contributed by atoms with Crippen LogP contribution in [0.2, 0.25) is 0 Å². The van der Waals surface area contributed by atoms with Crippen molar-refractivity contribution in [3.63, 3.8) is 0 Å². The number of rotatable bonds is 10. The van der Waals surface area contributed by atoms with Gasteiger partial charge in [-0.25, -0.2) is 8.42 Å². The van der Waals surface area contributed by atoms with E-state index in [0.717, 1.165) is 58.5 Å². The van der Waals surface area contributed by atoms with Gasteiger partial charge in [-0.05, 0) is 57.2 Å². The number of anilines is 1. The molecule has 0 heterocycles. The predicted molar refractivity (Wildman–Crippen MR) is 149 cm³/mol. The fourth-order valence-electron chi connectivity index (χ4n) is 5.15. The Kier molecular flexibility index (Phi) is 9.76. The van der Waals surface area contributed by atoms with Crippen molar-refractivity contribution in [3.8, 4) is 0 Å². The van der Waals surface area contributed by atoms with Crippen LogP contribution in [0.3, 0.4) is 0 Å². The highest BCUT2D eigenvalue weighted by atomic mass is 32.2. The van der Waals surface area contributed by atoms with Crippen molar-refractivity contribution in [2.75, 3.05) is 17.1 Å². The van der Waals surface area contributed by atoms with Crippen molar-refractivity contribution in [2.45, 2.75) is 84.8 Å². The molecule has 1 atom stereocenters. The second-order valence-corrected chi connectivity index (χ2v) is 12.2. The largest absolute Gasteiger partial charge is 0.352 e. The van der Waals surface area contributed by atoms with Crippen LogP contribution in [0.25, 0.3) is 0 Å². The molecule has 0 radical (unpaired) electrons. The predicted octanol–water partition coefficient (Wildman–Crippen LogP) is 4.63. The van der Waals surface area contributed by atoms with Gasteiger partial charge in [-0.1, -0.05) is 73.7 Å². The lowest BCUT2D eigenvalue weighted by atomic mass is 9.95. The Morgan fingerprint density at radius 2 is 1.68 bits per heavy atom. The molecule has 7 nitrogen and oxygen atoms in total. The van der Waals surface area contributed by atoms with Crippen LogP contribution in [-0.2, 0) is 26.2 Å². The molecule has 1 aliphatic carbocycles. The summed E-state index contributed by atoms with van der Waals surface area (Å²) in [6, 6.07) is 12.7. The molecule has 1 aliphatic rings. The van der Waals surface area contributed by atoms with E-state index in [1.165, 1.54) is 6.42 Å². The summed E-state index contributed by atoms with van der Waals surface area (Å²) in [4.78, 5) is 28.9. The lowest BCUT2D eigenvalue weighted by molar-refractivity contribution is -0.140. The van der Waals surface area contributed by atoms with Gasteiger partial charge in [0.2, 0.25) is 21.8 Å². The van der Waals surface area contributed by atoms with Crippen molar-refractivity contribution < 1.29 is 18.0 Å². The normalized spacial score (nSPS) is 15.2. The molecule has 37 heavy (non-hydrogen) atoms. The van der Waals surface area contributed by atoms with Gasteiger partial charge in [0, 0.05) is 12.6 Å². The van der Waals surface area contributed by atoms with E-state index in [2.05, 4.69) is 5.32 Å². The highest BCUT2D eigenvalue weighted by Crippen LogP contribution is 2.25. The minimum Gasteiger partial charge on any atom is -0.352 e. The van der Waals surface area contributed by atoms with Crippen LogP contribution in [0.1, 0.15) is 67.7 Å². The van der Waals surface area contributed by atoms with Crippen LogP contribution in [0, 0.1) is 20.8 Å². The van der Waals surface area contributed by atoms with Crippen molar-refractivity contribution in [1.82, 2.24) is 10.2 Å². The molecule has 2 aromatic rings. The zero-order chi connectivity index (χ0) is 27.2. The summed E-state index contributed by atoms with van der Waals surface area (Å²) in [5, 5.41) is 3.17. The van der Waals surface area contributed by atoms with Crippen LogP contribution < -0.4 is 9.62 Å². The number of nitrogens with one attached hydrogen (secondary N) is 1. The number of aryl methyl sites for hydroxylation is 3. The van der Waals surface area contributed by atoms with Gasteiger partial charge in [0.15, 0.2) is 0 Å². The molecule has 202 valence electrons. The molecule has 0 aromatic heterocycles. The number of nitrogens with zero attached hydrogens (tertiary/aromatic N) is 2. The van der Waals surface area contributed by atoms with Crippen LogP contribution in [0.5, 0.6) is 0 Å². The molecule has 2 aromatic carbocycles. The number of hydrogen-bond acceptors (Lipinski definition) is 4. The van der Waals surface area contributed by atoms with E-state index in [0.29, 0.717) is 12.1 Å². The molecule has 0 spiro atoms. The Labute approximate surface area is 222 Å². The van der Waals surface area contributed by atoms with E-state index in [-0.39, 0.29) is 25.0 Å². The number of benzene rings is 2. The molecule has 0 saturated heterocycles. The molecule has 0 aliphatic heterocycles. The Bertz CT molecular complexity index is 1210. The minimum absolute atomic E-state index is 0.119. The molecule has 1 saturated carbocycles. The maximum atomic E-state index is 13.9. The average Bonchev–Trinajstić information content (AvgIpc) is 2.83. The summed E-state index contributed by atoms with van der Waals surface area (Å²) in [6.45, 7) is 7.49. The third-order valence-corrected chi connectivity index (χ3v) is 8.20. The molecular formula is C29H41N3O4S. The van der Waals surface area contributed by atoms with Gasteiger partial charge >= 0.3 is 0 Å². The standard InChI is InChI=1S/C29H41N3O4S/c1-6-26(29(34)30-25-13-8-7-9-14-25)31(19-24-12-10-11-21(2)18-24)28(33)20-32(37(5,35)36)27-16-15-22(3)17-23(27)4/h10-12,15-18,25-26H,6-9,13-14,19-20H2,1-5H3,(H,30,34)/t26-/m0/s1. The van der Waals surface area contributed by atoms with Crippen LogP contribution in [0.15, 0.2) is 42.5 Å². The smallest absolute Gasteiger partial charge is 0.244 e. The van der Waals surface area contributed by atoms with E-state index in [9.17, 15) is 18.0 Å². The SMILES string of the molecule is CC[C@@H](C(=O)NC1CCCCC1)N(Cc1cccc(C)c1)C(=O)CN(c1ccc(C)cc1C)S(C)(=O)=O. The number of carbonyl (C=O) groups excluding carboxylic acids is 2. The number of carbonyl (C=O) groups is 2. The molecule has 1 fully saturated rings. The molecular weight excluding hydrogens is 486 g/mol. The second kappa shape index (κ2) is 12.6. The third kappa shape index (κ3) is 7.81. The highest BCUT2D eigenvalue weighted by molar-refractivity contribution is 7.92. The molecule has 8 heteroatoms. The van der Waals surface area contributed by atoms with Crippen molar-refractivity contribution >= 4 is 27.5 Å². The number of amides is 2. The van der Waals surface area contributed by atoms with E-state index in [1.54, 1.807) is 11.0 Å². The van der Waals surface area contributed by atoms with Gasteiger partial charge in [-0.15, -0.1) is 0 Å². The summed E-state index contributed by atoms with van der Waals surface area (Å²) >= 11 is 0. The topological polar surface area (TPSA) is 86.8 Å². The summed E-state index contributed by atoms with van der Waals surface area (Å²) in [6.07, 6.45) is 6.79. The lowest BCUT2D eigenvalue weighted by Crippen LogP contribution is -2.54. The van der Waals surface area contributed by atoms with Crippen LogP contribution >= 0.6 is 0 Å². The van der Waals surface area contributed by atoms with Gasteiger partial charge < -0.3 is 10.2 Å². The van der Waals surface area contributed by atoms with E-state index >= 15 is 0 Å². The first kappa shape index (κ1) is 28.7. The van der Waals surface area contributed by atoms with Crippen molar-refractivity contribution in [3.05, 3.63) is 64.7 Å². The van der Waals surface area contributed by atoms with Gasteiger partial charge in [0.25, 0.3) is 0 Å². The first-order chi connectivity index (χ1) is 17.5. The fraction of sp³-hybridized carbons (Fsp3) is 0.517. The van der Waals surface area contributed by atoms with E-state index in [1.807, 2.05) is 64.1 Å². The Morgan fingerprint density at radius 3 is 2.27 bits per heavy atom. The third-order valence-electron chi connectivity index (χ3n) is 7.07. The first-order valence-electron chi connectivity index (χ1n) is 13.2. The summed E-state index contributed by atoms with van der Waals surface area (Å²) in [7, 11) is -3.75. The fourth-order valence-corrected chi connectivity index (χ4v) is 6.06. The Hall–Kier alpha value is -2.87. The second-order valence-electron chi connectivity index (χ2n) is 10.3. The summed E-state index contributed by atoms with van der Waals surface area (Å²) in [5.74, 6) is -0.578. The van der Waals surface area contributed by atoms with Gasteiger partial charge in [0.05, 0.1) is 11.9 Å². The van der Waals surface area contributed by atoms with Crippen LogP contribution in [-0.4, -0.2) is 50.0 Å². The highest BCUT2D eigenvalue weighted by Gasteiger charge is 2.33. The van der Waals surface area contributed by atoms with Crippen molar-refractivity contribution in [2.24, 2.45) is 0 Å². The zero-order valence-corrected chi connectivity index (χ0v) is 23.6. The maximum Gasteiger partial charge on any atom is 0.244 e. The van der Waals surface area contributed by atoms with Crippen molar-refractivity contribution in [1.29, 1.82) is 0 Å². The Balaban J connectivity index is 1.93. The first-order valence-corrected chi connectivity index (χ1v) is 15.0. The average molecular weight is 528 g/mol. The molecule has 0 bridgehead atoms. The molecule has 2 amide bonds. The van der Waals surface area contributed by atoms with Gasteiger partial charge in [-0.2, -0.15) is 0 Å². The Morgan fingerprint density at radius 1 is 1.00 bits per heavy atom. The van der Waals surface area contributed by atoms with E-state index < -0.39 is 22.0 Å². The summed E-state index contributed by atoms with van der Waals surface area (Å²) < 4.78 is 26.8. The minimum atomic E-state index is -3.75. The zero-order valence-electron chi connectivity index (χ0n) is 22.8. The van der Waals surface area contributed by atoms with Gasteiger partial charge in [0.1, 0.15) is 12.6 Å². The van der Waals surface area contributed by atoms with Gasteiger partial charge in [-0.3, -0.25) is 13.9 Å². The maximum absolute atomic E-state index is 13.9. The van der Waals surface area contributed by atoms with Crippen LogP contribution in [0.4, 0.5) is 5.69 Å².